The number of ether oxygens (including phenoxy) is 4. The van der Waals surface area contributed by atoms with Gasteiger partial charge in [-0.1, -0.05) is 36.4 Å². The molecule has 1 heterocycles. The van der Waals surface area contributed by atoms with Crippen LogP contribution in [0.4, 0.5) is 4.79 Å². The quantitative estimate of drug-likeness (QED) is 0.119. The topological polar surface area (TPSA) is 181 Å². The third-order valence-electron chi connectivity index (χ3n) is 8.33. The molecule has 1 aromatic heterocycles. The number of amides is 1. The number of benzene rings is 4. The summed E-state index contributed by atoms with van der Waals surface area (Å²) in [5, 5.41) is 14.8. The zero-order chi connectivity index (χ0) is 40.7. The lowest BCUT2D eigenvalue weighted by Gasteiger charge is -2.26. The minimum atomic E-state index is -4.74. The molecule has 0 radical (unpaired) electrons. The van der Waals surface area contributed by atoms with Crippen molar-refractivity contribution in [3.8, 4) is 28.6 Å². The highest BCUT2D eigenvalue weighted by Crippen LogP contribution is 2.39. The predicted octanol–water partition coefficient (Wildman–Crippen LogP) is 5.71. The average Bonchev–Trinajstić information content (AvgIpc) is 3.61. The van der Waals surface area contributed by atoms with Crippen molar-refractivity contribution >= 4 is 48.5 Å². The fraction of sp³-hybridized carbons (Fsp3) is 0.316. The lowest BCUT2D eigenvalue weighted by atomic mass is 10.2. The Morgan fingerprint density at radius 2 is 1.27 bits per heavy atom. The number of alkyl carbamates (subject to hydrolysis) is 1. The van der Waals surface area contributed by atoms with Crippen molar-refractivity contribution in [1.29, 1.82) is 0 Å². The van der Waals surface area contributed by atoms with Crippen LogP contribution in [-0.4, -0.2) is 86.7 Å². The number of carbonyl (C=O) groups is 1. The van der Waals surface area contributed by atoms with Crippen LogP contribution in [0.5, 0.6) is 17.2 Å². The van der Waals surface area contributed by atoms with Gasteiger partial charge in [0, 0.05) is 23.2 Å². The van der Waals surface area contributed by atoms with Crippen LogP contribution in [0.2, 0.25) is 0 Å². The van der Waals surface area contributed by atoms with Crippen molar-refractivity contribution in [2.24, 2.45) is 0 Å². The van der Waals surface area contributed by atoms with Gasteiger partial charge < -0.3 is 24.3 Å². The summed E-state index contributed by atoms with van der Waals surface area (Å²) in [6.07, 6.45) is -0.813. The maximum absolute atomic E-state index is 15.4. The van der Waals surface area contributed by atoms with Crippen LogP contribution < -0.4 is 19.5 Å². The van der Waals surface area contributed by atoms with E-state index in [-0.39, 0.29) is 37.6 Å². The third kappa shape index (κ3) is 10.5. The molecule has 4 aromatic carbocycles. The Morgan fingerprint density at radius 1 is 0.768 bits per heavy atom. The van der Waals surface area contributed by atoms with Crippen LogP contribution in [-0.2, 0) is 44.2 Å². The Morgan fingerprint density at radius 3 is 1.75 bits per heavy atom. The fourth-order valence-corrected chi connectivity index (χ4v) is 10.1. The number of hydrogen-bond acceptors (Lipinski definition) is 12. The fourth-order valence-electron chi connectivity index (χ4n) is 5.58. The second-order valence-electron chi connectivity index (χ2n) is 13.5. The molecule has 5 aromatic rings. The lowest BCUT2D eigenvalue weighted by molar-refractivity contribution is 0.0531. The van der Waals surface area contributed by atoms with E-state index in [0.717, 1.165) is 5.56 Å². The Labute approximate surface area is 340 Å². The van der Waals surface area contributed by atoms with Gasteiger partial charge in [-0.2, -0.15) is 4.31 Å². The van der Waals surface area contributed by atoms with Crippen molar-refractivity contribution in [3.05, 3.63) is 105 Å². The second kappa shape index (κ2) is 18.0. The molecule has 18 heteroatoms. The van der Waals surface area contributed by atoms with Gasteiger partial charge in [-0.25, -0.2) is 26.3 Å². The SMILES string of the molecule is COc1ccc(CN(Cc2ccc(OC)cc2)S(=O)(=O)c2c(S(=O)(=O)CCNC(=O)OC(C)(C)C)ccc(I)c2-c2nnnn2Cc2ccc(OC)cc2)cc1. The van der Waals surface area contributed by atoms with E-state index in [1.54, 1.807) is 88.5 Å². The van der Waals surface area contributed by atoms with Gasteiger partial charge in [-0.15, -0.1) is 5.10 Å². The molecule has 0 bridgehead atoms. The number of nitrogens with zero attached hydrogens (tertiary/aromatic N) is 5. The van der Waals surface area contributed by atoms with Crippen LogP contribution >= 0.6 is 22.6 Å². The zero-order valence-electron chi connectivity index (χ0n) is 31.7. The van der Waals surface area contributed by atoms with Crippen molar-refractivity contribution in [2.45, 2.75) is 55.8 Å². The van der Waals surface area contributed by atoms with Crippen LogP contribution in [0.25, 0.3) is 11.4 Å². The monoisotopic (exact) mass is 918 g/mol. The summed E-state index contributed by atoms with van der Waals surface area (Å²) in [7, 11) is -4.55. The van der Waals surface area contributed by atoms with Gasteiger partial charge in [0.1, 0.15) is 27.7 Å². The molecule has 1 amide bonds. The molecule has 5 rings (SSSR count). The second-order valence-corrected chi connectivity index (χ2v) is 18.6. The van der Waals surface area contributed by atoms with E-state index in [9.17, 15) is 13.2 Å². The van der Waals surface area contributed by atoms with E-state index in [0.29, 0.717) is 31.9 Å². The Hall–Kier alpha value is -4.79. The van der Waals surface area contributed by atoms with Crippen LogP contribution in [0.3, 0.4) is 0 Å². The normalized spacial score (nSPS) is 12.0. The summed E-state index contributed by atoms with van der Waals surface area (Å²) in [6.45, 7) is 4.53. The molecule has 298 valence electrons. The van der Waals surface area contributed by atoms with Crippen molar-refractivity contribution in [1.82, 2.24) is 29.8 Å². The van der Waals surface area contributed by atoms with Gasteiger partial charge in [0.15, 0.2) is 15.7 Å². The number of rotatable bonds is 16. The highest BCUT2D eigenvalue weighted by atomic mass is 127. The van der Waals surface area contributed by atoms with E-state index in [4.69, 9.17) is 18.9 Å². The molecule has 0 atom stereocenters. The summed E-state index contributed by atoms with van der Waals surface area (Å²) in [5.74, 6) is 1.19. The van der Waals surface area contributed by atoms with Crippen LogP contribution in [0.15, 0.2) is 94.7 Å². The number of sulfonamides is 1. The molecule has 0 aliphatic carbocycles. The average molecular weight is 919 g/mol. The van der Waals surface area contributed by atoms with Crippen molar-refractivity contribution in [3.63, 3.8) is 0 Å². The first-order valence-corrected chi connectivity index (χ1v) is 21.4. The number of tetrazole rings is 1. The minimum Gasteiger partial charge on any atom is -0.497 e. The van der Waals surface area contributed by atoms with Crippen molar-refractivity contribution in [2.75, 3.05) is 33.6 Å². The van der Waals surface area contributed by atoms with E-state index in [1.807, 2.05) is 34.7 Å². The number of halogens is 1. The standard InChI is InChI=1S/C38H43IN6O9S2/c1-38(2,3)54-37(46)40-21-22-55(47,48)33-20-19-32(39)34(36-41-42-43-45(36)25-28-11-17-31(53-6)18-12-28)35(33)56(49,50)44(23-26-7-13-29(51-4)14-8-26)24-27-9-15-30(52-5)16-10-27/h7-20H,21-25H2,1-6H3,(H,40,46). The Balaban J connectivity index is 1.68. The Bertz CT molecular complexity index is 2300. The molecule has 0 unspecified atom stereocenters. The summed E-state index contributed by atoms with van der Waals surface area (Å²) in [6, 6.07) is 23.7. The first kappa shape index (κ1) is 42.4. The summed E-state index contributed by atoms with van der Waals surface area (Å²) < 4.78 is 83.7. The molecule has 0 aliphatic rings. The van der Waals surface area contributed by atoms with Crippen molar-refractivity contribution < 1.29 is 40.6 Å². The van der Waals surface area contributed by atoms with E-state index in [1.165, 1.54) is 35.3 Å². The molecular weight excluding hydrogens is 875 g/mol. The largest absolute Gasteiger partial charge is 0.497 e. The lowest BCUT2D eigenvalue weighted by Crippen LogP contribution is -2.35. The number of sulfone groups is 1. The Kier molecular flexibility index (Phi) is 13.6. The van der Waals surface area contributed by atoms with Gasteiger partial charge in [0.2, 0.25) is 10.0 Å². The maximum atomic E-state index is 15.4. The van der Waals surface area contributed by atoms with E-state index >= 15 is 8.42 Å². The predicted molar refractivity (Wildman–Crippen MR) is 217 cm³/mol. The number of methoxy groups -OCH3 is 3. The molecule has 0 spiro atoms. The first-order valence-electron chi connectivity index (χ1n) is 17.2. The highest BCUT2D eigenvalue weighted by Gasteiger charge is 2.37. The molecule has 56 heavy (non-hydrogen) atoms. The summed E-state index contributed by atoms with van der Waals surface area (Å²) >= 11 is 1.96. The van der Waals surface area contributed by atoms with E-state index in [2.05, 4.69) is 20.8 Å². The van der Waals surface area contributed by atoms with Gasteiger partial charge >= 0.3 is 6.09 Å². The number of aromatic nitrogens is 4. The van der Waals surface area contributed by atoms with Crippen LogP contribution in [0.1, 0.15) is 37.5 Å². The van der Waals surface area contributed by atoms with Gasteiger partial charge in [0.25, 0.3) is 0 Å². The van der Waals surface area contributed by atoms with Crippen LogP contribution in [0, 0.1) is 3.57 Å². The first-order chi connectivity index (χ1) is 26.5. The molecular formula is C38H43IN6O9S2. The number of hydrogen-bond donors (Lipinski definition) is 1. The summed E-state index contributed by atoms with van der Waals surface area (Å²) in [4.78, 5) is 11.4. The smallest absolute Gasteiger partial charge is 0.407 e. The molecule has 15 nitrogen and oxygen atoms in total. The zero-order valence-corrected chi connectivity index (χ0v) is 35.5. The summed E-state index contributed by atoms with van der Waals surface area (Å²) in [5.41, 5.74) is 1.19. The number of carbonyl (C=O) groups excluding carboxylic acids is 1. The van der Waals surface area contributed by atoms with Gasteiger partial charge in [-0.3, -0.25) is 0 Å². The molecule has 0 saturated heterocycles. The number of nitrogens with one attached hydrogen (secondary N) is 1. The highest BCUT2D eigenvalue weighted by molar-refractivity contribution is 14.1. The minimum absolute atomic E-state index is 0.000231. The van der Waals surface area contributed by atoms with Gasteiger partial charge in [-0.05, 0) is 119 Å². The molecule has 0 saturated carbocycles. The molecule has 1 N–H and O–H groups in total. The maximum Gasteiger partial charge on any atom is 0.407 e. The molecule has 0 aliphatic heterocycles. The third-order valence-corrected chi connectivity index (χ3v) is 13.0. The van der Waals surface area contributed by atoms with Gasteiger partial charge in [0.05, 0.1) is 44.1 Å². The molecule has 0 fully saturated rings. The van der Waals surface area contributed by atoms with E-state index < -0.39 is 47.1 Å².